The second-order valence-corrected chi connectivity index (χ2v) is 8.15. The van der Waals surface area contributed by atoms with Crippen molar-refractivity contribution < 1.29 is 4.79 Å². The van der Waals surface area contributed by atoms with Gasteiger partial charge in [-0.3, -0.25) is 14.3 Å². The summed E-state index contributed by atoms with van der Waals surface area (Å²) in [5, 5.41) is 0.844. The lowest BCUT2D eigenvalue weighted by Crippen LogP contribution is -2.49. The first kappa shape index (κ1) is 19.5. The number of anilines is 1. The zero-order chi connectivity index (χ0) is 20.2. The van der Waals surface area contributed by atoms with E-state index >= 15 is 0 Å². The maximum atomic E-state index is 12.7. The van der Waals surface area contributed by atoms with Crippen LogP contribution >= 0.6 is 11.8 Å². The lowest BCUT2D eigenvalue weighted by Gasteiger charge is -2.36. The van der Waals surface area contributed by atoms with Crippen LogP contribution in [0, 0.1) is 13.8 Å². The summed E-state index contributed by atoms with van der Waals surface area (Å²) in [6.07, 6.45) is 7.35. The Bertz CT molecular complexity index is 980. The summed E-state index contributed by atoms with van der Waals surface area (Å²) in [5.41, 5.74) is 4.75. The number of benzene rings is 1. The molecule has 1 fully saturated rings. The molecule has 150 valence electrons. The van der Waals surface area contributed by atoms with Crippen LogP contribution in [-0.4, -0.2) is 57.3 Å². The molecule has 1 aromatic carbocycles. The van der Waals surface area contributed by atoms with Crippen LogP contribution < -0.4 is 4.90 Å². The number of imidazole rings is 1. The Morgan fingerprint density at radius 1 is 0.966 bits per heavy atom. The molecule has 1 aliphatic rings. The fraction of sp³-hybridized carbons (Fsp3) is 0.318. The van der Waals surface area contributed by atoms with E-state index in [1.807, 2.05) is 27.8 Å². The van der Waals surface area contributed by atoms with Gasteiger partial charge >= 0.3 is 0 Å². The number of carbonyl (C=O) groups excluding carboxylic acids is 1. The number of aromatic nitrogens is 3. The molecule has 7 heteroatoms. The van der Waals surface area contributed by atoms with Crippen molar-refractivity contribution in [1.82, 2.24) is 19.4 Å². The quantitative estimate of drug-likeness (QED) is 0.608. The van der Waals surface area contributed by atoms with Gasteiger partial charge in [-0.1, -0.05) is 17.8 Å². The highest BCUT2D eigenvalue weighted by Crippen LogP contribution is 2.23. The molecular formula is C22H25N5OS. The van der Waals surface area contributed by atoms with E-state index in [0.29, 0.717) is 5.75 Å². The highest BCUT2D eigenvalue weighted by atomic mass is 32.2. The summed E-state index contributed by atoms with van der Waals surface area (Å²) in [6, 6.07) is 10.4. The van der Waals surface area contributed by atoms with E-state index < -0.39 is 0 Å². The number of hydrogen-bond acceptors (Lipinski definition) is 5. The van der Waals surface area contributed by atoms with Crippen molar-refractivity contribution in [2.45, 2.75) is 19.0 Å². The van der Waals surface area contributed by atoms with Gasteiger partial charge in [0.1, 0.15) is 0 Å². The van der Waals surface area contributed by atoms with Crippen molar-refractivity contribution >= 4 is 23.4 Å². The third kappa shape index (κ3) is 4.45. The third-order valence-corrected chi connectivity index (χ3v) is 6.31. The molecule has 0 spiro atoms. The Kier molecular flexibility index (Phi) is 5.85. The van der Waals surface area contributed by atoms with E-state index in [-0.39, 0.29) is 5.91 Å². The van der Waals surface area contributed by atoms with E-state index in [9.17, 15) is 4.79 Å². The smallest absolute Gasteiger partial charge is 0.233 e. The van der Waals surface area contributed by atoms with Crippen molar-refractivity contribution in [2.24, 2.45) is 0 Å². The van der Waals surface area contributed by atoms with Gasteiger partial charge in [-0.15, -0.1) is 0 Å². The molecule has 3 heterocycles. The minimum absolute atomic E-state index is 0.166. The fourth-order valence-corrected chi connectivity index (χ4v) is 4.33. The second kappa shape index (κ2) is 8.69. The Labute approximate surface area is 175 Å². The van der Waals surface area contributed by atoms with E-state index in [0.717, 1.165) is 42.7 Å². The van der Waals surface area contributed by atoms with Crippen molar-refractivity contribution in [1.29, 1.82) is 0 Å². The normalized spacial score (nSPS) is 14.3. The van der Waals surface area contributed by atoms with E-state index in [2.05, 4.69) is 46.9 Å². The molecule has 1 amide bonds. The van der Waals surface area contributed by atoms with Gasteiger partial charge in [0, 0.05) is 62.3 Å². The summed E-state index contributed by atoms with van der Waals surface area (Å²) in [4.78, 5) is 25.5. The molecular weight excluding hydrogens is 382 g/mol. The number of carbonyl (C=O) groups is 1. The van der Waals surface area contributed by atoms with Gasteiger partial charge in [-0.2, -0.15) is 0 Å². The van der Waals surface area contributed by atoms with E-state index in [1.54, 1.807) is 18.6 Å². The lowest BCUT2D eigenvalue weighted by molar-refractivity contribution is -0.128. The largest absolute Gasteiger partial charge is 0.368 e. The number of amides is 1. The highest BCUT2D eigenvalue weighted by molar-refractivity contribution is 7.99. The van der Waals surface area contributed by atoms with E-state index in [1.165, 1.54) is 22.9 Å². The number of rotatable bonds is 5. The first-order valence-electron chi connectivity index (χ1n) is 9.78. The zero-order valence-electron chi connectivity index (χ0n) is 16.8. The molecule has 29 heavy (non-hydrogen) atoms. The molecule has 6 nitrogen and oxygen atoms in total. The minimum Gasteiger partial charge on any atom is -0.368 e. The molecule has 0 N–H and O–H groups in total. The van der Waals surface area contributed by atoms with Gasteiger partial charge in [0.25, 0.3) is 0 Å². The van der Waals surface area contributed by atoms with Crippen molar-refractivity contribution in [2.75, 3.05) is 36.8 Å². The van der Waals surface area contributed by atoms with Gasteiger partial charge in [0.05, 0.1) is 5.75 Å². The van der Waals surface area contributed by atoms with Crippen LogP contribution in [0.15, 0.2) is 60.3 Å². The van der Waals surface area contributed by atoms with E-state index in [4.69, 9.17) is 0 Å². The number of pyridine rings is 1. The van der Waals surface area contributed by atoms with Gasteiger partial charge in [-0.05, 0) is 49.2 Å². The fourth-order valence-electron chi connectivity index (χ4n) is 3.45. The molecule has 3 aromatic rings. The maximum absolute atomic E-state index is 12.7. The third-order valence-electron chi connectivity index (χ3n) is 5.36. The van der Waals surface area contributed by atoms with Crippen LogP contribution in [-0.2, 0) is 4.79 Å². The first-order valence-corrected chi connectivity index (χ1v) is 10.8. The summed E-state index contributed by atoms with van der Waals surface area (Å²) in [6.45, 7) is 7.39. The van der Waals surface area contributed by atoms with Crippen LogP contribution in [0.1, 0.15) is 11.1 Å². The van der Waals surface area contributed by atoms with Gasteiger partial charge in [0.15, 0.2) is 5.16 Å². The number of nitrogens with zero attached hydrogens (tertiary/aromatic N) is 5. The molecule has 0 aliphatic carbocycles. The molecule has 1 saturated heterocycles. The first-order chi connectivity index (χ1) is 14.1. The number of piperazine rings is 1. The zero-order valence-corrected chi connectivity index (χ0v) is 17.6. The Morgan fingerprint density at radius 2 is 1.72 bits per heavy atom. The lowest BCUT2D eigenvalue weighted by atomic mass is 10.1. The standard InChI is InChI=1S/C22H25N5OS/c1-17-3-4-20(15-18(17)2)27-10-9-24-22(27)29-16-21(28)26-13-11-25(12-14-26)19-5-7-23-8-6-19/h3-10,15H,11-14,16H2,1-2H3. The summed E-state index contributed by atoms with van der Waals surface area (Å²) in [5.74, 6) is 0.566. The number of thioether (sulfide) groups is 1. The molecule has 0 radical (unpaired) electrons. The molecule has 0 bridgehead atoms. The van der Waals surface area contributed by atoms with Crippen LogP contribution in [0.3, 0.4) is 0 Å². The van der Waals surface area contributed by atoms with Crippen LogP contribution in [0.5, 0.6) is 0 Å². The number of hydrogen-bond donors (Lipinski definition) is 0. The maximum Gasteiger partial charge on any atom is 0.233 e. The molecule has 0 unspecified atom stereocenters. The average molecular weight is 408 g/mol. The van der Waals surface area contributed by atoms with Crippen LogP contribution in [0.2, 0.25) is 0 Å². The molecule has 4 rings (SSSR count). The predicted molar refractivity (Wildman–Crippen MR) is 117 cm³/mol. The molecule has 1 aliphatic heterocycles. The average Bonchev–Trinajstić information content (AvgIpc) is 3.23. The second-order valence-electron chi connectivity index (χ2n) is 7.21. The van der Waals surface area contributed by atoms with Crippen LogP contribution in [0.25, 0.3) is 5.69 Å². The molecule has 0 saturated carbocycles. The summed E-state index contributed by atoms with van der Waals surface area (Å²) < 4.78 is 2.05. The predicted octanol–water partition coefficient (Wildman–Crippen LogP) is 3.33. The summed E-state index contributed by atoms with van der Waals surface area (Å²) >= 11 is 1.50. The summed E-state index contributed by atoms with van der Waals surface area (Å²) in [7, 11) is 0. The van der Waals surface area contributed by atoms with Crippen molar-refractivity contribution in [3.63, 3.8) is 0 Å². The Balaban J connectivity index is 1.34. The SMILES string of the molecule is Cc1ccc(-n2ccnc2SCC(=O)N2CCN(c3ccncc3)CC2)cc1C. The Morgan fingerprint density at radius 3 is 2.45 bits per heavy atom. The van der Waals surface area contributed by atoms with Gasteiger partial charge in [-0.25, -0.2) is 4.98 Å². The highest BCUT2D eigenvalue weighted by Gasteiger charge is 2.22. The topological polar surface area (TPSA) is 54.3 Å². The molecule has 2 aromatic heterocycles. The Hall–Kier alpha value is -2.80. The van der Waals surface area contributed by atoms with Crippen molar-refractivity contribution in [3.8, 4) is 5.69 Å². The van der Waals surface area contributed by atoms with Gasteiger partial charge < -0.3 is 9.80 Å². The monoisotopic (exact) mass is 407 g/mol. The van der Waals surface area contributed by atoms with Crippen molar-refractivity contribution in [3.05, 3.63) is 66.2 Å². The molecule has 0 atom stereocenters. The van der Waals surface area contributed by atoms with Crippen LogP contribution in [0.4, 0.5) is 5.69 Å². The van der Waals surface area contributed by atoms with Gasteiger partial charge in [0.2, 0.25) is 5.91 Å². The number of aryl methyl sites for hydroxylation is 2. The minimum atomic E-state index is 0.166.